The number of rotatable bonds is 1. The summed E-state index contributed by atoms with van der Waals surface area (Å²) >= 11 is 6.09. The lowest BCUT2D eigenvalue weighted by Gasteiger charge is -2.09. The number of carbonyl (C=O) groups excluding carboxylic acids is 2. The maximum atomic E-state index is 12.2. The van der Waals surface area contributed by atoms with Crippen LogP contribution in [0.4, 0.5) is 5.69 Å². The molecule has 0 radical (unpaired) electrons. The van der Waals surface area contributed by atoms with Crippen LogP contribution in [0.2, 0.25) is 5.02 Å². The molecular formula is C16H11ClN2O3. The third-order valence-electron chi connectivity index (χ3n) is 3.82. The summed E-state index contributed by atoms with van der Waals surface area (Å²) in [4.78, 5) is 23.8. The number of nitrogens with zero attached hydrogens (tertiary/aromatic N) is 1. The van der Waals surface area contributed by atoms with Crippen LogP contribution in [0.15, 0.2) is 30.6 Å². The van der Waals surface area contributed by atoms with Gasteiger partial charge in [0.05, 0.1) is 28.5 Å². The molecule has 3 heterocycles. The molecule has 0 atom stereocenters. The summed E-state index contributed by atoms with van der Waals surface area (Å²) in [5.74, 6) is -0.532. The van der Waals surface area contributed by atoms with E-state index in [-0.39, 0.29) is 11.9 Å². The van der Waals surface area contributed by atoms with E-state index in [1.807, 2.05) is 12.3 Å². The maximum Gasteiger partial charge on any atom is 0.339 e. The molecule has 0 aliphatic carbocycles. The van der Waals surface area contributed by atoms with Crippen molar-refractivity contribution >= 4 is 40.9 Å². The van der Waals surface area contributed by atoms with Gasteiger partial charge in [0, 0.05) is 30.6 Å². The van der Waals surface area contributed by atoms with E-state index >= 15 is 0 Å². The molecule has 22 heavy (non-hydrogen) atoms. The number of halogens is 1. The minimum Gasteiger partial charge on any atom is -0.462 e. The highest BCUT2D eigenvalue weighted by atomic mass is 35.5. The van der Waals surface area contributed by atoms with Gasteiger partial charge in [0.1, 0.15) is 0 Å². The van der Waals surface area contributed by atoms with Crippen molar-refractivity contribution < 1.29 is 14.3 Å². The Kier molecular flexibility index (Phi) is 2.84. The molecule has 110 valence electrons. The summed E-state index contributed by atoms with van der Waals surface area (Å²) < 4.78 is 6.74. The van der Waals surface area contributed by atoms with Crippen molar-refractivity contribution in [3.8, 4) is 0 Å². The molecular weight excluding hydrogens is 304 g/mol. The van der Waals surface area contributed by atoms with Crippen molar-refractivity contribution in [3.63, 3.8) is 0 Å². The minimum atomic E-state index is -0.322. The Hall–Kier alpha value is -2.53. The Morgan fingerprint density at radius 3 is 2.91 bits per heavy atom. The third kappa shape index (κ3) is 1.94. The number of cyclic esters (lactones) is 1. The topological polar surface area (TPSA) is 60.3 Å². The number of carbonyl (C=O) groups is 2. The van der Waals surface area contributed by atoms with Gasteiger partial charge in [-0.3, -0.25) is 4.79 Å². The van der Waals surface area contributed by atoms with E-state index in [1.54, 1.807) is 29.1 Å². The SMILES string of the molecule is O=C1Nc2c(Cl)cccc2C1=Cn1cc2c(c1)C(=O)OCC2. The van der Waals surface area contributed by atoms with Crippen molar-refractivity contribution in [3.05, 3.63) is 52.3 Å². The van der Waals surface area contributed by atoms with Crippen LogP contribution in [0.3, 0.4) is 0 Å². The van der Waals surface area contributed by atoms with Gasteiger partial charge in [-0.2, -0.15) is 0 Å². The summed E-state index contributed by atoms with van der Waals surface area (Å²) in [7, 11) is 0. The standard InChI is InChI=1S/C16H11ClN2O3/c17-13-3-1-2-10-12(15(20)18-14(10)13)8-19-6-9-4-5-22-16(21)11(9)7-19/h1-3,6-8H,4-5H2,(H,18,20). The van der Waals surface area contributed by atoms with Crippen LogP contribution in [0, 0.1) is 0 Å². The number of esters is 1. The first-order valence-electron chi connectivity index (χ1n) is 6.83. The van der Waals surface area contributed by atoms with Gasteiger partial charge in [-0.1, -0.05) is 23.7 Å². The summed E-state index contributed by atoms with van der Waals surface area (Å²) in [5, 5.41) is 3.27. The molecule has 1 aromatic carbocycles. The van der Waals surface area contributed by atoms with Crippen LogP contribution in [0.5, 0.6) is 0 Å². The van der Waals surface area contributed by atoms with E-state index < -0.39 is 0 Å². The molecule has 5 nitrogen and oxygen atoms in total. The molecule has 0 spiro atoms. The van der Waals surface area contributed by atoms with Crippen molar-refractivity contribution in [2.24, 2.45) is 0 Å². The average Bonchev–Trinajstić information content (AvgIpc) is 3.04. The molecule has 2 aromatic rings. The van der Waals surface area contributed by atoms with E-state index in [1.165, 1.54) is 0 Å². The molecule has 2 aliphatic rings. The predicted molar refractivity (Wildman–Crippen MR) is 82.7 cm³/mol. The molecule has 0 bridgehead atoms. The summed E-state index contributed by atoms with van der Waals surface area (Å²) in [6.07, 6.45) is 5.91. The number of hydrogen-bond acceptors (Lipinski definition) is 3. The number of amides is 1. The normalized spacial score (nSPS) is 18.0. The lowest BCUT2D eigenvalue weighted by atomic mass is 10.1. The molecule has 0 saturated heterocycles. The molecule has 6 heteroatoms. The Morgan fingerprint density at radius 1 is 1.23 bits per heavy atom. The molecule has 2 aliphatic heterocycles. The van der Waals surface area contributed by atoms with Crippen molar-refractivity contribution in [2.75, 3.05) is 11.9 Å². The molecule has 4 rings (SSSR count). The van der Waals surface area contributed by atoms with Gasteiger partial charge in [0.15, 0.2) is 0 Å². The fraction of sp³-hybridized carbons (Fsp3) is 0.125. The fourth-order valence-corrected chi connectivity index (χ4v) is 2.99. The third-order valence-corrected chi connectivity index (χ3v) is 4.13. The second-order valence-electron chi connectivity index (χ2n) is 5.19. The number of para-hydroxylation sites is 1. The highest BCUT2D eigenvalue weighted by molar-refractivity contribution is 6.40. The number of ether oxygens (including phenoxy) is 1. The lowest BCUT2D eigenvalue weighted by Crippen LogP contribution is -2.15. The highest BCUT2D eigenvalue weighted by Gasteiger charge is 2.27. The van der Waals surface area contributed by atoms with E-state index in [9.17, 15) is 9.59 Å². The zero-order valence-electron chi connectivity index (χ0n) is 11.4. The van der Waals surface area contributed by atoms with Crippen LogP contribution in [-0.4, -0.2) is 23.1 Å². The summed E-state index contributed by atoms with van der Waals surface area (Å²) in [6, 6.07) is 5.37. The van der Waals surface area contributed by atoms with Crippen LogP contribution >= 0.6 is 11.6 Å². The zero-order valence-corrected chi connectivity index (χ0v) is 12.2. The number of nitrogens with one attached hydrogen (secondary N) is 1. The van der Waals surface area contributed by atoms with Crippen LogP contribution < -0.4 is 5.32 Å². The highest BCUT2D eigenvalue weighted by Crippen LogP contribution is 2.37. The van der Waals surface area contributed by atoms with Gasteiger partial charge in [-0.15, -0.1) is 0 Å². The van der Waals surface area contributed by atoms with Crippen LogP contribution in [-0.2, 0) is 16.0 Å². The maximum absolute atomic E-state index is 12.2. The Balaban J connectivity index is 1.80. The van der Waals surface area contributed by atoms with Crippen LogP contribution in [0.25, 0.3) is 11.8 Å². The Labute approximate surface area is 131 Å². The number of anilines is 1. The largest absolute Gasteiger partial charge is 0.462 e. The minimum absolute atomic E-state index is 0.211. The number of hydrogen-bond donors (Lipinski definition) is 1. The van der Waals surface area contributed by atoms with E-state index in [0.29, 0.717) is 34.9 Å². The Bertz CT molecular complexity index is 851. The molecule has 1 aromatic heterocycles. The molecule has 1 amide bonds. The number of aromatic nitrogens is 1. The molecule has 0 fully saturated rings. The first-order valence-corrected chi connectivity index (χ1v) is 7.21. The smallest absolute Gasteiger partial charge is 0.339 e. The fourth-order valence-electron chi connectivity index (χ4n) is 2.76. The quantitative estimate of drug-likeness (QED) is 0.650. The monoisotopic (exact) mass is 314 g/mol. The van der Waals surface area contributed by atoms with Gasteiger partial charge in [-0.05, 0) is 11.6 Å². The second-order valence-corrected chi connectivity index (χ2v) is 5.60. The van der Waals surface area contributed by atoms with Gasteiger partial charge in [0.25, 0.3) is 5.91 Å². The van der Waals surface area contributed by atoms with Crippen molar-refractivity contribution in [2.45, 2.75) is 6.42 Å². The van der Waals surface area contributed by atoms with Gasteiger partial charge >= 0.3 is 5.97 Å². The summed E-state index contributed by atoms with van der Waals surface area (Å²) in [6.45, 7) is 0.394. The van der Waals surface area contributed by atoms with E-state index in [2.05, 4.69) is 5.32 Å². The average molecular weight is 315 g/mol. The van der Waals surface area contributed by atoms with Gasteiger partial charge < -0.3 is 14.6 Å². The second kappa shape index (κ2) is 4.74. The molecule has 1 N–H and O–H groups in total. The van der Waals surface area contributed by atoms with Crippen molar-refractivity contribution in [1.82, 2.24) is 4.57 Å². The van der Waals surface area contributed by atoms with E-state index in [0.717, 1.165) is 11.1 Å². The Morgan fingerprint density at radius 2 is 2.09 bits per heavy atom. The first-order chi connectivity index (χ1) is 10.6. The van der Waals surface area contributed by atoms with Gasteiger partial charge in [0.2, 0.25) is 0 Å². The first kappa shape index (κ1) is 13.2. The molecule has 0 saturated carbocycles. The predicted octanol–water partition coefficient (Wildman–Crippen LogP) is 2.80. The summed E-state index contributed by atoms with van der Waals surface area (Å²) in [5.41, 5.74) is 3.37. The lowest BCUT2D eigenvalue weighted by molar-refractivity contribution is -0.110. The van der Waals surface area contributed by atoms with Crippen molar-refractivity contribution in [1.29, 1.82) is 0 Å². The van der Waals surface area contributed by atoms with Gasteiger partial charge in [-0.25, -0.2) is 4.79 Å². The van der Waals surface area contributed by atoms with E-state index in [4.69, 9.17) is 16.3 Å². The molecule has 0 unspecified atom stereocenters. The number of benzene rings is 1. The number of fused-ring (bicyclic) bond motifs is 2. The zero-order chi connectivity index (χ0) is 15.3. The van der Waals surface area contributed by atoms with Crippen LogP contribution in [0.1, 0.15) is 21.5 Å².